The lowest BCUT2D eigenvalue weighted by molar-refractivity contribution is 0.188. The van der Waals surface area contributed by atoms with Gasteiger partial charge in [0.25, 0.3) is 0 Å². The van der Waals surface area contributed by atoms with E-state index in [0.717, 1.165) is 18.8 Å². The maximum absolute atomic E-state index is 11.3. The Kier molecular flexibility index (Phi) is 3.40. The van der Waals surface area contributed by atoms with Gasteiger partial charge in [0.1, 0.15) is 0 Å². The second-order valence-corrected chi connectivity index (χ2v) is 7.07. The van der Waals surface area contributed by atoms with E-state index >= 15 is 0 Å². The SMILES string of the molecule is C/C=C1\CC2CCC(NS(C)(=O)=O)C(C1)C2. The van der Waals surface area contributed by atoms with E-state index < -0.39 is 10.0 Å². The molecule has 2 bridgehead atoms. The first-order valence-corrected chi connectivity index (χ1v) is 7.98. The summed E-state index contributed by atoms with van der Waals surface area (Å²) in [5.41, 5.74) is 1.52. The van der Waals surface area contributed by atoms with Crippen LogP contribution in [0.15, 0.2) is 11.6 Å². The van der Waals surface area contributed by atoms with Gasteiger partial charge in [0.05, 0.1) is 6.26 Å². The highest BCUT2D eigenvalue weighted by molar-refractivity contribution is 7.88. The Hall–Kier alpha value is -0.350. The number of hydrogen-bond donors (Lipinski definition) is 1. The highest BCUT2D eigenvalue weighted by atomic mass is 32.2. The van der Waals surface area contributed by atoms with Gasteiger partial charge < -0.3 is 0 Å². The molecule has 3 nitrogen and oxygen atoms in total. The van der Waals surface area contributed by atoms with Gasteiger partial charge in [0.2, 0.25) is 10.0 Å². The summed E-state index contributed by atoms with van der Waals surface area (Å²) >= 11 is 0. The monoisotopic (exact) mass is 243 g/mol. The van der Waals surface area contributed by atoms with Crippen molar-refractivity contribution in [1.82, 2.24) is 4.72 Å². The van der Waals surface area contributed by atoms with Crippen LogP contribution in [0.4, 0.5) is 0 Å². The molecule has 0 radical (unpaired) electrons. The van der Waals surface area contributed by atoms with Gasteiger partial charge in [0.15, 0.2) is 0 Å². The van der Waals surface area contributed by atoms with E-state index in [9.17, 15) is 8.42 Å². The fraction of sp³-hybridized carbons (Fsp3) is 0.833. The Bertz CT molecular complexity index is 386. The molecule has 4 heteroatoms. The van der Waals surface area contributed by atoms with Crippen LogP contribution in [0.2, 0.25) is 0 Å². The lowest BCUT2D eigenvalue weighted by Crippen LogP contribution is -2.45. The first-order valence-electron chi connectivity index (χ1n) is 6.09. The minimum Gasteiger partial charge on any atom is -0.213 e. The third-order valence-electron chi connectivity index (χ3n) is 3.94. The van der Waals surface area contributed by atoms with Gasteiger partial charge in [-0.1, -0.05) is 11.6 Å². The van der Waals surface area contributed by atoms with Gasteiger partial charge in [0, 0.05) is 6.04 Å². The molecule has 0 aromatic rings. The van der Waals surface area contributed by atoms with Crippen LogP contribution in [-0.4, -0.2) is 20.7 Å². The third-order valence-corrected chi connectivity index (χ3v) is 4.67. The largest absolute Gasteiger partial charge is 0.213 e. The number of nitrogens with one attached hydrogen (secondary N) is 1. The fourth-order valence-corrected chi connectivity index (χ4v) is 4.09. The van der Waals surface area contributed by atoms with Gasteiger partial charge in [-0.3, -0.25) is 0 Å². The second kappa shape index (κ2) is 4.49. The van der Waals surface area contributed by atoms with Crippen LogP contribution in [0.1, 0.15) is 39.0 Å². The van der Waals surface area contributed by atoms with Crippen molar-refractivity contribution in [3.63, 3.8) is 0 Å². The summed E-state index contributed by atoms with van der Waals surface area (Å²) in [7, 11) is -3.05. The Labute approximate surface area is 98.4 Å². The lowest BCUT2D eigenvalue weighted by Gasteiger charge is -2.41. The lowest BCUT2D eigenvalue weighted by atomic mass is 9.68. The highest BCUT2D eigenvalue weighted by Gasteiger charge is 2.35. The Morgan fingerprint density at radius 3 is 2.69 bits per heavy atom. The third kappa shape index (κ3) is 2.86. The average molecular weight is 243 g/mol. The van der Waals surface area contributed by atoms with Crippen molar-refractivity contribution in [1.29, 1.82) is 0 Å². The van der Waals surface area contributed by atoms with Crippen molar-refractivity contribution < 1.29 is 8.42 Å². The molecule has 92 valence electrons. The molecule has 1 N–H and O–H groups in total. The molecule has 0 saturated heterocycles. The van der Waals surface area contributed by atoms with Crippen molar-refractivity contribution >= 4 is 10.0 Å². The fourth-order valence-electron chi connectivity index (χ4n) is 3.23. The summed E-state index contributed by atoms with van der Waals surface area (Å²) < 4.78 is 25.4. The molecule has 0 amide bonds. The number of hydrogen-bond acceptors (Lipinski definition) is 2. The summed E-state index contributed by atoms with van der Waals surface area (Å²) in [5.74, 6) is 1.32. The van der Waals surface area contributed by atoms with E-state index in [-0.39, 0.29) is 6.04 Å². The molecule has 0 aromatic heterocycles. The number of sulfonamides is 1. The molecule has 2 saturated carbocycles. The summed E-state index contributed by atoms with van der Waals surface area (Å²) in [6.07, 6.45) is 9.17. The van der Waals surface area contributed by atoms with Gasteiger partial charge in [-0.05, 0) is 50.9 Å². The van der Waals surface area contributed by atoms with Gasteiger partial charge in [-0.2, -0.15) is 0 Å². The predicted molar refractivity (Wildman–Crippen MR) is 65.6 cm³/mol. The maximum Gasteiger partial charge on any atom is 0.208 e. The zero-order chi connectivity index (χ0) is 11.8. The zero-order valence-corrected chi connectivity index (χ0v) is 10.9. The average Bonchev–Trinajstić information content (AvgIpc) is 2.20. The minimum atomic E-state index is -3.05. The van der Waals surface area contributed by atoms with Crippen LogP contribution in [0.25, 0.3) is 0 Å². The standard InChI is InChI=1S/C12H21NO2S/c1-3-9-6-10-4-5-12(11(7-9)8-10)13-16(2,14)15/h3,10-13H,4-8H2,1-2H3/b9-3+. The van der Waals surface area contributed by atoms with Crippen LogP contribution >= 0.6 is 0 Å². The van der Waals surface area contributed by atoms with Crippen molar-refractivity contribution in [3.05, 3.63) is 11.6 Å². The summed E-state index contributed by atoms with van der Waals surface area (Å²) in [6.45, 7) is 2.09. The predicted octanol–water partition coefficient (Wildman–Crippen LogP) is 2.06. The first-order chi connectivity index (χ1) is 7.48. The van der Waals surface area contributed by atoms with Crippen molar-refractivity contribution in [2.24, 2.45) is 11.8 Å². The van der Waals surface area contributed by atoms with Gasteiger partial charge in [-0.25, -0.2) is 13.1 Å². The minimum absolute atomic E-state index is 0.168. The number of allylic oxidation sites excluding steroid dienone is 2. The molecule has 0 heterocycles. The number of fused-ring (bicyclic) bond motifs is 2. The Morgan fingerprint density at radius 1 is 1.31 bits per heavy atom. The van der Waals surface area contributed by atoms with E-state index in [1.165, 1.54) is 31.1 Å². The van der Waals surface area contributed by atoms with E-state index in [1.54, 1.807) is 0 Å². The molecule has 2 aliphatic rings. The molecule has 0 aliphatic heterocycles. The van der Waals surface area contributed by atoms with E-state index in [1.807, 2.05) is 0 Å². The molecule has 2 aliphatic carbocycles. The molecular formula is C12H21NO2S. The van der Waals surface area contributed by atoms with Crippen LogP contribution in [-0.2, 0) is 10.0 Å². The highest BCUT2D eigenvalue weighted by Crippen LogP contribution is 2.42. The Morgan fingerprint density at radius 2 is 2.06 bits per heavy atom. The molecule has 3 unspecified atom stereocenters. The molecule has 0 spiro atoms. The van der Waals surface area contributed by atoms with Crippen LogP contribution in [0.5, 0.6) is 0 Å². The van der Waals surface area contributed by atoms with Crippen molar-refractivity contribution in [2.75, 3.05) is 6.26 Å². The Balaban J connectivity index is 2.07. The molecule has 2 fully saturated rings. The second-order valence-electron chi connectivity index (χ2n) is 5.29. The van der Waals surface area contributed by atoms with E-state index in [2.05, 4.69) is 17.7 Å². The zero-order valence-electron chi connectivity index (χ0n) is 10.1. The van der Waals surface area contributed by atoms with Gasteiger partial charge in [-0.15, -0.1) is 0 Å². The summed E-state index contributed by atoms with van der Waals surface area (Å²) in [5, 5.41) is 0. The van der Waals surface area contributed by atoms with Crippen LogP contribution < -0.4 is 4.72 Å². The topological polar surface area (TPSA) is 46.2 Å². The maximum atomic E-state index is 11.3. The van der Waals surface area contributed by atoms with Crippen molar-refractivity contribution in [3.8, 4) is 0 Å². The van der Waals surface area contributed by atoms with E-state index in [4.69, 9.17) is 0 Å². The molecule has 0 aromatic carbocycles. The van der Waals surface area contributed by atoms with Crippen LogP contribution in [0, 0.1) is 11.8 Å². The first kappa shape index (κ1) is 12.1. The van der Waals surface area contributed by atoms with E-state index in [0.29, 0.717) is 5.92 Å². The molecular weight excluding hydrogens is 222 g/mol. The smallest absolute Gasteiger partial charge is 0.208 e. The quantitative estimate of drug-likeness (QED) is 0.755. The van der Waals surface area contributed by atoms with Crippen LogP contribution in [0.3, 0.4) is 0 Å². The normalized spacial score (nSPS) is 37.6. The number of rotatable bonds is 2. The summed E-state index contributed by atoms with van der Waals surface area (Å²) in [4.78, 5) is 0. The molecule has 2 rings (SSSR count). The van der Waals surface area contributed by atoms with Gasteiger partial charge >= 0.3 is 0 Å². The summed E-state index contributed by atoms with van der Waals surface area (Å²) in [6, 6.07) is 0.168. The molecule has 3 atom stereocenters. The van der Waals surface area contributed by atoms with Crippen molar-refractivity contribution in [2.45, 2.75) is 45.1 Å². The molecule has 16 heavy (non-hydrogen) atoms.